The highest BCUT2D eigenvalue weighted by Gasteiger charge is 2.17. The SMILES string of the molecule is Cc1ccc(NC(=O)c2nnsc2Sc2ccc(Cl)cc2)cc1. The Morgan fingerprint density at radius 3 is 2.52 bits per heavy atom. The lowest BCUT2D eigenvalue weighted by Gasteiger charge is -2.05. The molecule has 116 valence electrons. The lowest BCUT2D eigenvalue weighted by molar-refractivity contribution is 0.101. The van der Waals surface area contributed by atoms with E-state index in [0.717, 1.165) is 20.4 Å². The van der Waals surface area contributed by atoms with Crippen molar-refractivity contribution in [3.05, 3.63) is 64.8 Å². The van der Waals surface area contributed by atoms with E-state index >= 15 is 0 Å². The quantitative estimate of drug-likeness (QED) is 0.717. The van der Waals surface area contributed by atoms with Gasteiger partial charge in [-0.15, -0.1) is 5.10 Å². The van der Waals surface area contributed by atoms with Crippen LogP contribution in [-0.2, 0) is 0 Å². The number of nitrogens with one attached hydrogen (secondary N) is 1. The summed E-state index contributed by atoms with van der Waals surface area (Å²) in [5.74, 6) is -0.265. The third-order valence-corrected chi connectivity index (χ3v) is 5.14. The van der Waals surface area contributed by atoms with E-state index in [1.165, 1.54) is 23.3 Å². The van der Waals surface area contributed by atoms with Crippen molar-refractivity contribution in [3.8, 4) is 0 Å². The Morgan fingerprint density at radius 2 is 1.83 bits per heavy atom. The summed E-state index contributed by atoms with van der Waals surface area (Å²) in [7, 11) is 0. The molecular formula is C16H12ClN3OS2. The number of anilines is 1. The molecule has 0 spiro atoms. The maximum absolute atomic E-state index is 12.4. The molecule has 0 bridgehead atoms. The standard InChI is InChI=1S/C16H12ClN3OS2/c1-10-2-6-12(7-3-10)18-15(21)14-16(23-20-19-14)22-13-8-4-11(17)5-9-13/h2-9H,1H3,(H,18,21). The Hall–Kier alpha value is -1.89. The molecule has 0 atom stereocenters. The molecule has 23 heavy (non-hydrogen) atoms. The van der Waals surface area contributed by atoms with Gasteiger partial charge in [0.2, 0.25) is 0 Å². The molecule has 3 aromatic rings. The number of rotatable bonds is 4. The molecule has 0 aliphatic heterocycles. The minimum Gasteiger partial charge on any atom is -0.321 e. The van der Waals surface area contributed by atoms with Crippen molar-refractivity contribution >= 4 is 46.5 Å². The molecule has 4 nitrogen and oxygen atoms in total. The summed E-state index contributed by atoms with van der Waals surface area (Å²) < 4.78 is 4.64. The number of nitrogens with zero attached hydrogens (tertiary/aromatic N) is 2. The molecule has 7 heteroatoms. The van der Waals surface area contributed by atoms with E-state index in [1.54, 1.807) is 0 Å². The second-order valence-corrected chi connectivity index (χ2v) is 7.32. The fourth-order valence-electron chi connectivity index (χ4n) is 1.82. The predicted molar refractivity (Wildman–Crippen MR) is 94.6 cm³/mol. The number of hydrogen-bond donors (Lipinski definition) is 1. The van der Waals surface area contributed by atoms with E-state index in [-0.39, 0.29) is 5.91 Å². The highest BCUT2D eigenvalue weighted by Crippen LogP contribution is 2.33. The smallest absolute Gasteiger partial charge is 0.278 e. The molecule has 2 aromatic carbocycles. The molecule has 0 radical (unpaired) electrons. The molecule has 1 heterocycles. The lowest BCUT2D eigenvalue weighted by atomic mass is 10.2. The van der Waals surface area contributed by atoms with E-state index in [0.29, 0.717) is 10.7 Å². The zero-order chi connectivity index (χ0) is 16.2. The van der Waals surface area contributed by atoms with Gasteiger partial charge in [-0.25, -0.2) is 0 Å². The van der Waals surface area contributed by atoms with E-state index < -0.39 is 0 Å². The largest absolute Gasteiger partial charge is 0.321 e. The molecule has 3 rings (SSSR count). The van der Waals surface area contributed by atoms with Crippen LogP contribution in [0.15, 0.2) is 57.6 Å². The second kappa shape index (κ2) is 7.12. The molecule has 0 saturated carbocycles. The molecule has 1 N–H and O–H groups in total. The predicted octanol–water partition coefficient (Wildman–Crippen LogP) is 4.90. The monoisotopic (exact) mass is 361 g/mol. The van der Waals surface area contributed by atoms with Crippen LogP contribution in [0.25, 0.3) is 0 Å². The summed E-state index contributed by atoms with van der Waals surface area (Å²) in [5.41, 5.74) is 2.20. The van der Waals surface area contributed by atoms with Crippen LogP contribution in [-0.4, -0.2) is 15.5 Å². The van der Waals surface area contributed by atoms with Crippen molar-refractivity contribution < 1.29 is 4.79 Å². The first kappa shape index (κ1) is 16.0. The summed E-state index contributed by atoms with van der Waals surface area (Å²) in [6.45, 7) is 2.00. The fraction of sp³-hybridized carbons (Fsp3) is 0.0625. The summed E-state index contributed by atoms with van der Waals surface area (Å²) in [4.78, 5) is 13.4. The van der Waals surface area contributed by atoms with Crippen LogP contribution in [0.5, 0.6) is 0 Å². The average molecular weight is 362 g/mol. The van der Waals surface area contributed by atoms with Crippen LogP contribution in [0.2, 0.25) is 5.02 Å². The van der Waals surface area contributed by atoms with Crippen LogP contribution < -0.4 is 5.32 Å². The average Bonchev–Trinajstić information content (AvgIpc) is 3.00. The van der Waals surface area contributed by atoms with Crippen LogP contribution in [0.1, 0.15) is 16.1 Å². The minimum atomic E-state index is -0.265. The maximum Gasteiger partial charge on any atom is 0.278 e. The van der Waals surface area contributed by atoms with Gasteiger partial charge < -0.3 is 5.32 Å². The fourth-order valence-corrected chi connectivity index (χ4v) is 3.62. The summed E-state index contributed by atoms with van der Waals surface area (Å²) in [6, 6.07) is 15.0. The molecule has 1 aromatic heterocycles. The molecule has 0 unspecified atom stereocenters. The third-order valence-electron chi connectivity index (χ3n) is 3.01. The first-order chi connectivity index (χ1) is 11.1. The van der Waals surface area contributed by atoms with Gasteiger partial charge in [-0.3, -0.25) is 4.79 Å². The Balaban J connectivity index is 1.75. The number of halogens is 1. The first-order valence-corrected chi connectivity index (χ1v) is 8.72. The Bertz CT molecular complexity index is 816. The lowest BCUT2D eigenvalue weighted by Crippen LogP contribution is -2.13. The van der Waals surface area contributed by atoms with Crippen molar-refractivity contribution in [3.63, 3.8) is 0 Å². The van der Waals surface area contributed by atoms with Crippen molar-refractivity contribution in [2.75, 3.05) is 5.32 Å². The van der Waals surface area contributed by atoms with Gasteiger partial charge in [0, 0.05) is 15.6 Å². The molecule has 0 fully saturated rings. The Morgan fingerprint density at radius 1 is 1.13 bits per heavy atom. The van der Waals surface area contributed by atoms with Gasteiger partial charge >= 0.3 is 0 Å². The molecule has 0 aliphatic carbocycles. The van der Waals surface area contributed by atoms with Crippen LogP contribution in [0.3, 0.4) is 0 Å². The van der Waals surface area contributed by atoms with Gasteiger partial charge in [-0.2, -0.15) is 0 Å². The highest BCUT2D eigenvalue weighted by molar-refractivity contribution is 8.01. The normalized spacial score (nSPS) is 10.5. The van der Waals surface area contributed by atoms with Gasteiger partial charge in [-0.1, -0.05) is 45.5 Å². The zero-order valence-corrected chi connectivity index (χ0v) is 14.5. The Kier molecular flexibility index (Phi) is 4.95. The number of aryl methyl sites for hydroxylation is 1. The van der Waals surface area contributed by atoms with Crippen molar-refractivity contribution in [2.45, 2.75) is 16.0 Å². The van der Waals surface area contributed by atoms with Gasteiger partial charge in [-0.05, 0) is 54.9 Å². The van der Waals surface area contributed by atoms with Crippen LogP contribution >= 0.6 is 34.9 Å². The number of benzene rings is 2. The molecule has 0 saturated heterocycles. The molecular weight excluding hydrogens is 350 g/mol. The second-order valence-electron chi connectivity index (χ2n) is 4.79. The Labute approximate surface area is 147 Å². The van der Waals surface area contributed by atoms with Crippen molar-refractivity contribution in [1.82, 2.24) is 9.59 Å². The van der Waals surface area contributed by atoms with E-state index in [4.69, 9.17) is 11.6 Å². The molecule has 1 amide bonds. The number of carbonyl (C=O) groups is 1. The third kappa shape index (κ3) is 4.10. The highest BCUT2D eigenvalue weighted by atomic mass is 35.5. The van der Waals surface area contributed by atoms with E-state index in [9.17, 15) is 4.79 Å². The van der Waals surface area contributed by atoms with Gasteiger partial charge in [0.25, 0.3) is 5.91 Å². The summed E-state index contributed by atoms with van der Waals surface area (Å²) in [5, 5.41) is 7.47. The minimum absolute atomic E-state index is 0.265. The van der Waals surface area contributed by atoms with Gasteiger partial charge in [0.15, 0.2) is 5.69 Å². The maximum atomic E-state index is 12.4. The van der Waals surface area contributed by atoms with Gasteiger partial charge in [0.05, 0.1) is 0 Å². The number of carbonyl (C=O) groups excluding carboxylic acids is 1. The van der Waals surface area contributed by atoms with Gasteiger partial charge in [0.1, 0.15) is 4.21 Å². The zero-order valence-electron chi connectivity index (χ0n) is 12.1. The van der Waals surface area contributed by atoms with Crippen molar-refractivity contribution in [1.29, 1.82) is 0 Å². The number of amides is 1. The van der Waals surface area contributed by atoms with Crippen LogP contribution in [0.4, 0.5) is 5.69 Å². The summed E-state index contributed by atoms with van der Waals surface area (Å²) in [6.07, 6.45) is 0. The van der Waals surface area contributed by atoms with Crippen molar-refractivity contribution in [2.24, 2.45) is 0 Å². The van der Waals surface area contributed by atoms with Crippen LogP contribution in [0, 0.1) is 6.92 Å². The number of hydrogen-bond acceptors (Lipinski definition) is 5. The number of aromatic nitrogens is 2. The van der Waals surface area contributed by atoms with E-state index in [1.807, 2.05) is 55.5 Å². The molecule has 0 aliphatic rings. The first-order valence-electron chi connectivity index (χ1n) is 6.75. The topological polar surface area (TPSA) is 54.9 Å². The summed E-state index contributed by atoms with van der Waals surface area (Å²) >= 11 is 8.52. The van der Waals surface area contributed by atoms with E-state index in [2.05, 4.69) is 14.9 Å².